The fourth-order valence-corrected chi connectivity index (χ4v) is 8.40. The molecule has 1 saturated carbocycles. The van der Waals surface area contributed by atoms with Gasteiger partial charge in [0.25, 0.3) is 12.3 Å². The van der Waals surface area contributed by atoms with Gasteiger partial charge in [0.15, 0.2) is 0 Å². The number of carboxylic acid groups (broad SMARTS) is 1. The molecule has 3 heterocycles. The van der Waals surface area contributed by atoms with Gasteiger partial charge in [-0.2, -0.15) is 19.0 Å². The molecule has 1 fully saturated rings. The first-order valence-corrected chi connectivity index (χ1v) is 21.7. The van der Waals surface area contributed by atoms with Gasteiger partial charge in [-0.15, -0.1) is 0 Å². The molecule has 2 aliphatic heterocycles. The summed E-state index contributed by atoms with van der Waals surface area (Å²) >= 11 is 6.21. The van der Waals surface area contributed by atoms with Crippen LogP contribution in [0.2, 0.25) is 30.7 Å². The van der Waals surface area contributed by atoms with Gasteiger partial charge in [0.2, 0.25) is 5.91 Å². The summed E-state index contributed by atoms with van der Waals surface area (Å²) in [7, 11) is -1.39. The van der Waals surface area contributed by atoms with Gasteiger partial charge in [-0.1, -0.05) is 37.3 Å². The zero-order valence-corrected chi connectivity index (χ0v) is 31.6. The van der Waals surface area contributed by atoms with Gasteiger partial charge in [0.1, 0.15) is 42.3 Å². The second-order valence-electron chi connectivity index (χ2n) is 15.4. The second kappa shape index (κ2) is 14.5. The average Bonchev–Trinajstić information content (AvgIpc) is 3.57. The number of hydrazone groups is 1. The van der Waals surface area contributed by atoms with E-state index in [0.717, 1.165) is 18.2 Å². The lowest BCUT2D eigenvalue weighted by Crippen LogP contribution is -2.47. The van der Waals surface area contributed by atoms with Crippen LogP contribution in [0.15, 0.2) is 52.6 Å². The van der Waals surface area contributed by atoms with E-state index >= 15 is 8.78 Å². The van der Waals surface area contributed by atoms with Gasteiger partial charge >= 0.3 is 5.97 Å². The lowest BCUT2D eigenvalue weighted by molar-refractivity contribution is -0.122. The van der Waals surface area contributed by atoms with Crippen molar-refractivity contribution in [1.82, 2.24) is 20.1 Å². The number of aromatic carboxylic acids is 1. The number of hydrogen-bond acceptors (Lipinski definition) is 7. The Hall–Kier alpha value is -4.48. The number of carbonyl (C=O) groups is 2. The van der Waals surface area contributed by atoms with Crippen LogP contribution in [-0.4, -0.2) is 83.2 Å². The van der Waals surface area contributed by atoms with Crippen molar-refractivity contribution < 1.29 is 45.8 Å². The summed E-state index contributed by atoms with van der Waals surface area (Å²) < 4.78 is 94.1. The summed E-state index contributed by atoms with van der Waals surface area (Å²) in [6.07, 6.45) is -0.0368. The number of rotatable bonds is 14. The van der Waals surface area contributed by atoms with Gasteiger partial charge in [-0.05, 0) is 66.3 Å². The maximum absolute atomic E-state index is 15.3. The zero-order valence-electron chi connectivity index (χ0n) is 29.9. The summed E-state index contributed by atoms with van der Waals surface area (Å²) in [4.78, 5) is 30.9. The Morgan fingerprint density at radius 3 is 2.53 bits per heavy atom. The van der Waals surface area contributed by atoms with Crippen LogP contribution in [0.3, 0.4) is 0 Å². The second-order valence-corrected chi connectivity index (χ2v) is 21.4. The third-order valence-electron chi connectivity index (χ3n) is 10.2. The van der Waals surface area contributed by atoms with Crippen LogP contribution >= 0.6 is 11.6 Å². The molecule has 5 atom stereocenters. The third-order valence-corrected chi connectivity index (χ3v) is 12.2. The molecule has 2 aromatic carbocycles. The van der Waals surface area contributed by atoms with Crippen LogP contribution in [0.1, 0.15) is 57.2 Å². The van der Waals surface area contributed by atoms with E-state index in [-0.39, 0.29) is 47.0 Å². The topological polar surface area (TPSA) is 121 Å². The van der Waals surface area contributed by atoms with Crippen molar-refractivity contribution in [3.8, 4) is 0 Å². The number of aliphatic imine (C=N–C) groups is 1. The molecular weight excluding hydrogens is 770 g/mol. The summed E-state index contributed by atoms with van der Waals surface area (Å²) in [6.45, 7) is 6.41. The highest BCUT2D eigenvalue weighted by Gasteiger charge is 2.67. The first-order valence-electron chi connectivity index (χ1n) is 17.6. The molecule has 55 heavy (non-hydrogen) atoms. The minimum absolute atomic E-state index is 0.0423. The fraction of sp³-hybridized carbons (Fsp3) is 0.432. The maximum atomic E-state index is 15.3. The van der Waals surface area contributed by atoms with E-state index in [0.29, 0.717) is 28.5 Å². The number of amides is 1. The van der Waals surface area contributed by atoms with E-state index < -0.39 is 91.8 Å². The van der Waals surface area contributed by atoms with Gasteiger partial charge in [0, 0.05) is 37.8 Å². The van der Waals surface area contributed by atoms with Crippen molar-refractivity contribution in [3.63, 3.8) is 0 Å². The Labute approximate surface area is 317 Å². The van der Waals surface area contributed by atoms with Crippen LogP contribution in [-0.2, 0) is 28.4 Å². The summed E-state index contributed by atoms with van der Waals surface area (Å²) in [5, 5.41) is 22.5. The molecule has 0 saturated heterocycles. The Balaban J connectivity index is 1.25. The Morgan fingerprint density at radius 2 is 1.85 bits per heavy atom. The van der Waals surface area contributed by atoms with Crippen LogP contribution in [0.5, 0.6) is 0 Å². The molecule has 2 aliphatic carbocycles. The highest BCUT2D eigenvalue weighted by molar-refractivity contribution is 6.76. The molecule has 0 bridgehead atoms. The predicted molar refractivity (Wildman–Crippen MR) is 195 cm³/mol. The largest absolute Gasteiger partial charge is 0.478 e. The summed E-state index contributed by atoms with van der Waals surface area (Å²) in [5.41, 5.74) is -1.09. The Morgan fingerprint density at radius 1 is 1.13 bits per heavy atom. The molecular formula is C37H37ClF6N6O4Si. The third kappa shape index (κ3) is 7.83. The molecule has 0 radical (unpaired) electrons. The summed E-state index contributed by atoms with van der Waals surface area (Å²) in [6, 6.07) is 5.56. The van der Waals surface area contributed by atoms with E-state index in [9.17, 15) is 32.3 Å². The monoisotopic (exact) mass is 806 g/mol. The molecule has 292 valence electrons. The number of nitrogens with zero attached hydrogens (tertiary/aromatic N) is 5. The van der Waals surface area contributed by atoms with Crippen molar-refractivity contribution >= 4 is 49.1 Å². The van der Waals surface area contributed by atoms with Crippen LogP contribution < -0.4 is 5.32 Å². The average molecular weight is 807 g/mol. The minimum Gasteiger partial charge on any atom is -0.478 e. The SMILES string of the molecule is C[Si](C)(C)CCOCN1N=CC2N=C([C@H](Cc3cc(F)cc(F)c3)NC(=O)Cn3nc(C(F)F)c4c3C(F)(F)[C@@H]3C[C@H]43)C(c3ccc(Cl)c(C(=O)O)c3)=CC21. The van der Waals surface area contributed by atoms with Crippen LogP contribution in [0, 0.1) is 17.6 Å². The lowest BCUT2D eigenvalue weighted by Gasteiger charge is -2.32. The maximum Gasteiger partial charge on any atom is 0.337 e. The number of carbonyl (C=O) groups excluding carboxylic acids is 1. The normalized spacial score (nSPS) is 22.6. The fourth-order valence-electron chi connectivity index (χ4n) is 7.44. The van der Waals surface area contributed by atoms with Crippen LogP contribution in [0.4, 0.5) is 26.3 Å². The first kappa shape index (κ1) is 38.8. The number of halogens is 7. The van der Waals surface area contributed by atoms with E-state index in [4.69, 9.17) is 21.3 Å². The van der Waals surface area contributed by atoms with Crippen LogP contribution in [0.25, 0.3) is 5.57 Å². The highest BCUT2D eigenvalue weighted by atomic mass is 35.5. The van der Waals surface area contributed by atoms with Gasteiger partial charge in [-0.25, -0.2) is 22.4 Å². The number of carboxylic acids is 1. The first-order chi connectivity index (χ1) is 25.9. The van der Waals surface area contributed by atoms with E-state index in [2.05, 4.69) is 35.2 Å². The van der Waals surface area contributed by atoms with Crippen molar-refractivity contribution in [1.29, 1.82) is 0 Å². The number of ether oxygens (including phenoxy) is 1. The zero-order chi connectivity index (χ0) is 39.6. The smallest absolute Gasteiger partial charge is 0.337 e. The van der Waals surface area contributed by atoms with Gasteiger partial charge in [0.05, 0.1) is 34.6 Å². The van der Waals surface area contributed by atoms with Gasteiger partial charge in [-0.3, -0.25) is 19.5 Å². The molecule has 2 unspecified atom stereocenters. The number of alkyl halides is 4. The van der Waals surface area contributed by atoms with Crippen molar-refractivity contribution in [2.75, 3.05) is 13.3 Å². The molecule has 1 amide bonds. The molecule has 10 nitrogen and oxygen atoms in total. The predicted octanol–water partition coefficient (Wildman–Crippen LogP) is 7.28. The number of dihydropyridines is 1. The molecule has 7 rings (SSSR count). The van der Waals surface area contributed by atoms with Gasteiger partial charge < -0.3 is 15.2 Å². The molecule has 1 aromatic heterocycles. The number of fused-ring (bicyclic) bond motifs is 4. The number of benzene rings is 2. The highest BCUT2D eigenvalue weighted by Crippen LogP contribution is 2.68. The van der Waals surface area contributed by atoms with Crippen molar-refractivity contribution in [3.05, 3.63) is 92.8 Å². The van der Waals surface area contributed by atoms with Crippen molar-refractivity contribution in [2.45, 2.75) is 81.5 Å². The van der Waals surface area contributed by atoms with E-state index in [1.807, 2.05) is 0 Å². The molecule has 18 heteroatoms. The molecule has 4 aliphatic rings. The minimum atomic E-state index is -3.47. The molecule has 0 spiro atoms. The molecule has 3 aromatic rings. The standard InChI is InChI=1S/C37H37ClF6N6O4Si/c1-55(2,3)7-6-54-17-50-29-14-22(19-4-5-26(38)24(11-19)36(52)53)32(47-28(29)15-45-50)27(10-18-8-20(39)12-21(40)9-18)46-30(51)16-49-34-31(33(48-49)35(41)42)23-13-25(23)37(34,43)44/h4-5,8-9,11-12,14-15,23,25,27-29,35H,6-7,10,13,16-17H2,1-3H3,(H,46,51)(H,52,53)/t23-,25+,27-,28?,29?/m0/s1. The number of aromatic nitrogens is 2. The molecule has 2 N–H and O–H groups in total. The Bertz CT molecular complexity index is 2120. The van der Waals surface area contributed by atoms with E-state index in [1.54, 1.807) is 23.4 Å². The number of nitrogens with one attached hydrogen (secondary N) is 1. The quantitative estimate of drug-likeness (QED) is 0.100. The number of hydrogen-bond donors (Lipinski definition) is 2. The van der Waals surface area contributed by atoms with E-state index in [1.165, 1.54) is 12.1 Å². The lowest BCUT2D eigenvalue weighted by atomic mass is 9.87. The van der Waals surface area contributed by atoms with Crippen molar-refractivity contribution in [2.24, 2.45) is 16.0 Å². The summed E-state index contributed by atoms with van der Waals surface area (Å²) in [5.74, 6) is -9.42. The Kier molecular flexibility index (Phi) is 10.3.